The van der Waals surface area contributed by atoms with Crippen molar-refractivity contribution in [3.05, 3.63) is 28.8 Å². The molecule has 5 heteroatoms. The SMILES string of the molecule is Cc1c(F)cnc(CBr)c1C(F)F. The van der Waals surface area contributed by atoms with Crippen LogP contribution in [0.3, 0.4) is 0 Å². The van der Waals surface area contributed by atoms with Crippen LogP contribution in [0.15, 0.2) is 6.20 Å². The molecule has 0 radical (unpaired) electrons. The molecule has 13 heavy (non-hydrogen) atoms. The van der Waals surface area contributed by atoms with Gasteiger partial charge in [-0.05, 0) is 12.5 Å². The van der Waals surface area contributed by atoms with Gasteiger partial charge in [-0.2, -0.15) is 0 Å². The van der Waals surface area contributed by atoms with Crippen molar-refractivity contribution in [3.8, 4) is 0 Å². The Balaban J connectivity index is 3.32. The lowest BCUT2D eigenvalue weighted by molar-refractivity contribution is 0.148. The first-order valence-corrected chi connectivity index (χ1v) is 4.68. The summed E-state index contributed by atoms with van der Waals surface area (Å²) >= 11 is 3.02. The molecule has 0 amide bonds. The van der Waals surface area contributed by atoms with E-state index >= 15 is 0 Å². The second-order valence-electron chi connectivity index (χ2n) is 2.53. The third-order valence-electron chi connectivity index (χ3n) is 1.75. The van der Waals surface area contributed by atoms with Crippen LogP contribution in [-0.2, 0) is 5.33 Å². The molecule has 0 aliphatic rings. The topological polar surface area (TPSA) is 12.9 Å². The molecule has 1 aromatic rings. The van der Waals surface area contributed by atoms with Crippen LogP contribution in [0.25, 0.3) is 0 Å². The number of alkyl halides is 3. The van der Waals surface area contributed by atoms with Gasteiger partial charge in [-0.25, -0.2) is 13.2 Å². The fourth-order valence-corrected chi connectivity index (χ4v) is 1.49. The minimum absolute atomic E-state index is 0.0283. The molecule has 1 heterocycles. The van der Waals surface area contributed by atoms with Gasteiger partial charge in [0, 0.05) is 10.9 Å². The molecule has 0 saturated heterocycles. The lowest BCUT2D eigenvalue weighted by Crippen LogP contribution is -2.01. The monoisotopic (exact) mass is 253 g/mol. The van der Waals surface area contributed by atoms with Gasteiger partial charge in [0.15, 0.2) is 0 Å². The summed E-state index contributed by atoms with van der Waals surface area (Å²) in [5.41, 5.74) is -0.148. The lowest BCUT2D eigenvalue weighted by atomic mass is 10.1. The number of rotatable bonds is 2. The van der Waals surface area contributed by atoms with Gasteiger partial charge in [0.05, 0.1) is 11.9 Å². The highest BCUT2D eigenvalue weighted by Crippen LogP contribution is 2.27. The molecule has 0 aliphatic heterocycles. The molecular weight excluding hydrogens is 247 g/mol. The van der Waals surface area contributed by atoms with E-state index in [2.05, 4.69) is 20.9 Å². The maximum Gasteiger partial charge on any atom is 0.265 e. The van der Waals surface area contributed by atoms with Crippen molar-refractivity contribution in [2.45, 2.75) is 18.7 Å². The van der Waals surface area contributed by atoms with Crippen molar-refractivity contribution in [3.63, 3.8) is 0 Å². The van der Waals surface area contributed by atoms with Crippen LogP contribution in [0, 0.1) is 12.7 Å². The van der Waals surface area contributed by atoms with Crippen molar-refractivity contribution in [1.82, 2.24) is 4.98 Å². The Labute approximate surface area is 82.1 Å². The summed E-state index contributed by atoms with van der Waals surface area (Å²) in [6, 6.07) is 0. The van der Waals surface area contributed by atoms with Gasteiger partial charge in [-0.1, -0.05) is 15.9 Å². The molecule has 1 rings (SSSR count). The molecule has 0 atom stereocenters. The number of pyridine rings is 1. The van der Waals surface area contributed by atoms with Gasteiger partial charge in [0.2, 0.25) is 0 Å². The van der Waals surface area contributed by atoms with Crippen molar-refractivity contribution in [2.24, 2.45) is 0 Å². The van der Waals surface area contributed by atoms with Crippen molar-refractivity contribution >= 4 is 15.9 Å². The van der Waals surface area contributed by atoms with Gasteiger partial charge >= 0.3 is 0 Å². The summed E-state index contributed by atoms with van der Waals surface area (Å²) < 4.78 is 37.7. The predicted octanol–water partition coefficient (Wildman–Crippen LogP) is 3.36. The second-order valence-corrected chi connectivity index (χ2v) is 3.09. The van der Waals surface area contributed by atoms with Gasteiger partial charge in [0.25, 0.3) is 6.43 Å². The van der Waals surface area contributed by atoms with Crippen molar-refractivity contribution in [2.75, 3.05) is 0 Å². The minimum atomic E-state index is -2.68. The van der Waals surface area contributed by atoms with Crippen LogP contribution in [0.4, 0.5) is 13.2 Å². The van der Waals surface area contributed by atoms with Crippen LogP contribution >= 0.6 is 15.9 Å². The van der Waals surface area contributed by atoms with E-state index in [1.165, 1.54) is 6.92 Å². The normalized spacial score (nSPS) is 10.9. The standard InChI is InChI=1S/C8H7BrF3N/c1-4-5(10)3-13-6(2-9)7(4)8(11)12/h3,8H,2H2,1H3. The van der Waals surface area contributed by atoms with E-state index in [4.69, 9.17) is 0 Å². The molecular formula is C8H7BrF3N. The van der Waals surface area contributed by atoms with E-state index in [0.717, 1.165) is 6.20 Å². The molecule has 0 bridgehead atoms. The number of nitrogens with zero attached hydrogens (tertiary/aromatic N) is 1. The first-order chi connectivity index (χ1) is 6.07. The predicted molar refractivity (Wildman–Crippen MR) is 46.5 cm³/mol. The molecule has 0 aliphatic carbocycles. The number of aromatic nitrogens is 1. The molecule has 0 aromatic carbocycles. The Morgan fingerprint density at radius 1 is 1.54 bits per heavy atom. The number of hydrogen-bond donors (Lipinski definition) is 0. The minimum Gasteiger partial charge on any atom is -0.257 e. The summed E-state index contributed by atoms with van der Waals surface area (Å²) in [7, 11) is 0. The maximum absolute atomic E-state index is 12.8. The molecule has 72 valence electrons. The van der Waals surface area contributed by atoms with E-state index < -0.39 is 12.2 Å². The van der Waals surface area contributed by atoms with E-state index in [1.807, 2.05) is 0 Å². The third kappa shape index (κ3) is 2.02. The molecule has 0 saturated carbocycles. The fourth-order valence-electron chi connectivity index (χ4n) is 1.04. The Morgan fingerprint density at radius 3 is 2.62 bits per heavy atom. The van der Waals surface area contributed by atoms with E-state index in [0.29, 0.717) is 0 Å². The molecule has 0 unspecified atom stereocenters. The molecule has 0 spiro atoms. The van der Waals surface area contributed by atoms with E-state index in [-0.39, 0.29) is 22.2 Å². The molecule has 0 N–H and O–H groups in total. The summed E-state index contributed by atoms with van der Waals surface area (Å²) in [5, 5.41) is 0.202. The highest BCUT2D eigenvalue weighted by molar-refractivity contribution is 9.08. The summed E-state index contributed by atoms with van der Waals surface area (Å²) in [4.78, 5) is 3.58. The Hall–Kier alpha value is -0.580. The number of halogens is 4. The zero-order chi connectivity index (χ0) is 10.0. The molecule has 0 fully saturated rings. The fraction of sp³-hybridized carbons (Fsp3) is 0.375. The largest absolute Gasteiger partial charge is 0.265 e. The first-order valence-electron chi connectivity index (χ1n) is 3.56. The van der Waals surface area contributed by atoms with Crippen LogP contribution in [-0.4, -0.2) is 4.98 Å². The summed E-state index contributed by atoms with van der Waals surface area (Å²) in [6.45, 7) is 1.32. The van der Waals surface area contributed by atoms with Crippen LogP contribution < -0.4 is 0 Å². The summed E-state index contributed by atoms with van der Waals surface area (Å²) in [6.07, 6.45) is -1.73. The van der Waals surface area contributed by atoms with Gasteiger partial charge in [-0.3, -0.25) is 4.98 Å². The van der Waals surface area contributed by atoms with E-state index in [9.17, 15) is 13.2 Å². The van der Waals surface area contributed by atoms with Crippen molar-refractivity contribution < 1.29 is 13.2 Å². The van der Waals surface area contributed by atoms with E-state index in [1.54, 1.807) is 0 Å². The van der Waals surface area contributed by atoms with Gasteiger partial charge in [0.1, 0.15) is 5.82 Å². The molecule has 1 nitrogen and oxygen atoms in total. The smallest absolute Gasteiger partial charge is 0.257 e. The average Bonchev–Trinajstić information content (AvgIpc) is 2.08. The summed E-state index contributed by atoms with van der Waals surface area (Å²) in [5.74, 6) is -0.694. The highest BCUT2D eigenvalue weighted by atomic mass is 79.9. The van der Waals surface area contributed by atoms with Gasteiger partial charge < -0.3 is 0 Å². The van der Waals surface area contributed by atoms with Crippen LogP contribution in [0.5, 0.6) is 0 Å². The highest BCUT2D eigenvalue weighted by Gasteiger charge is 2.18. The van der Waals surface area contributed by atoms with Crippen LogP contribution in [0.2, 0.25) is 0 Å². The Morgan fingerprint density at radius 2 is 2.15 bits per heavy atom. The number of hydrogen-bond acceptors (Lipinski definition) is 1. The zero-order valence-electron chi connectivity index (χ0n) is 6.82. The first kappa shape index (κ1) is 10.5. The quantitative estimate of drug-likeness (QED) is 0.737. The molecule has 1 aromatic heterocycles. The second kappa shape index (κ2) is 4.09. The maximum atomic E-state index is 12.8. The van der Waals surface area contributed by atoms with Crippen molar-refractivity contribution in [1.29, 1.82) is 0 Å². The zero-order valence-corrected chi connectivity index (χ0v) is 8.41. The van der Waals surface area contributed by atoms with Crippen LogP contribution in [0.1, 0.15) is 23.2 Å². The Bertz CT molecular complexity index is 315. The Kier molecular flexibility index (Phi) is 3.30. The van der Waals surface area contributed by atoms with Gasteiger partial charge in [-0.15, -0.1) is 0 Å². The third-order valence-corrected chi connectivity index (χ3v) is 2.28. The lowest BCUT2D eigenvalue weighted by Gasteiger charge is -2.09. The average molecular weight is 254 g/mol.